The molecule has 2 saturated heterocycles. The van der Waals surface area contributed by atoms with Gasteiger partial charge < -0.3 is 73.3 Å². The number of hydrogen-bond donors (Lipinski definition) is 6. The molecule has 2 aromatic heterocycles. The second-order valence-electron chi connectivity index (χ2n) is 17.4. The molecule has 0 bridgehead atoms. The maximum atomic E-state index is 14.3. The topological polar surface area (TPSA) is 274 Å². The van der Waals surface area contributed by atoms with E-state index in [4.69, 9.17) is 33.2 Å². The van der Waals surface area contributed by atoms with E-state index < -0.39 is 92.8 Å². The molecule has 0 spiro atoms. The first-order chi connectivity index (χ1) is 32.6. The molecule has 382 valence electrons. The quantitative estimate of drug-likeness (QED) is 0.0931. The summed E-state index contributed by atoms with van der Waals surface area (Å²) in [5.41, 5.74) is 7.15. The number of methoxy groups -OCH3 is 3. The Balaban J connectivity index is 0.000000258. The van der Waals surface area contributed by atoms with Crippen molar-refractivity contribution < 1.29 is 87.3 Å². The third-order valence-electron chi connectivity index (χ3n) is 11.9. The lowest BCUT2D eigenvalue weighted by atomic mass is 9.99. The lowest BCUT2D eigenvalue weighted by molar-refractivity contribution is -0.278. The second kappa shape index (κ2) is 23.8. The first-order valence-corrected chi connectivity index (χ1v) is 22.3. The van der Waals surface area contributed by atoms with Crippen molar-refractivity contribution in [2.45, 2.75) is 142 Å². The van der Waals surface area contributed by atoms with Crippen molar-refractivity contribution in [3.63, 3.8) is 0 Å². The fraction of sp³-hybridized carbons (Fsp3) is 0.574. The zero-order valence-electron chi connectivity index (χ0n) is 40.6. The van der Waals surface area contributed by atoms with Gasteiger partial charge in [-0.15, -0.1) is 10.2 Å². The Kier molecular flexibility index (Phi) is 18.8. The van der Waals surface area contributed by atoms with Crippen molar-refractivity contribution in [1.82, 2.24) is 19.6 Å². The molecule has 6 rings (SSSR count). The van der Waals surface area contributed by atoms with E-state index in [0.717, 1.165) is 36.7 Å². The largest absolute Gasteiger partial charge is 0.508 e. The molecule has 21 nitrogen and oxygen atoms in total. The fourth-order valence-corrected chi connectivity index (χ4v) is 7.74. The number of aliphatic hydroxyl groups is 6. The van der Waals surface area contributed by atoms with Crippen molar-refractivity contribution in [1.29, 1.82) is 0 Å². The highest BCUT2D eigenvalue weighted by atomic mass is 19.1. The molecule has 2 aliphatic rings. The van der Waals surface area contributed by atoms with E-state index in [1.165, 1.54) is 30.4 Å². The fourth-order valence-electron chi connectivity index (χ4n) is 7.74. The minimum Gasteiger partial charge on any atom is -0.494 e. The monoisotopic (exact) mass is 976 g/mol. The normalized spacial score (nSPS) is 24.6. The highest BCUT2D eigenvalue weighted by molar-refractivity contribution is 5.59. The Labute approximate surface area is 399 Å². The molecule has 0 unspecified atom stereocenters. The van der Waals surface area contributed by atoms with Crippen LogP contribution in [0.15, 0.2) is 36.4 Å². The zero-order valence-corrected chi connectivity index (χ0v) is 40.6. The average molecular weight is 977 g/mol. The van der Waals surface area contributed by atoms with Crippen molar-refractivity contribution in [2.75, 3.05) is 34.5 Å². The van der Waals surface area contributed by atoms with E-state index in [0.29, 0.717) is 17.5 Å². The molecule has 22 heteroatoms. The Morgan fingerprint density at radius 3 is 1.42 bits per heavy atom. The molecular formula is C47H65FN4O17. The van der Waals surface area contributed by atoms with Crippen molar-refractivity contribution in [3.05, 3.63) is 87.0 Å². The van der Waals surface area contributed by atoms with Gasteiger partial charge in [0.1, 0.15) is 62.0 Å². The summed E-state index contributed by atoms with van der Waals surface area (Å²) in [6, 6.07) is 10.8. The summed E-state index contributed by atoms with van der Waals surface area (Å²) >= 11 is 0. The third-order valence-corrected chi connectivity index (χ3v) is 11.9. The molecule has 10 atom stereocenters. The lowest BCUT2D eigenvalue weighted by Crippen LogP contribution is -2.60. The van der Waals surface area contributed by atoms with E-state index in [1.807, 2.05) is 52.3 Å². The number of rotatable bonds is 15. The summed E-state index contributed by atoms with van der Waals surface area (Å²) in [5, 5.41) is 71.2. The molecule has 2 fully saturated rings. The third kappa shape index (κ3) is 13.0. The molecule has 0 saturated carbocycles. The number of halogens is 1. The van der Waals surface area contributed by atoms with Crippen LogP contribution < -0.4 is 14.2 Å². The van der Waals surface area contributed by atoms with E-state index in [-0.39, 0.29) is 36.0 Å². The molecule has 0 aliphatic carbocycles. The van der Waals surface area contributed by atoms with E-state index in [2.05, 4.69) is 45.7 Å². The predicted octanol–water partition coefficient (Wildman–Crippen LogP) is 3.43. The molecule has 6 N–H and O–H groups in total. The Bertz CT molecular complexity index is 2360. The minimum atomic E-state index is -1.65. The molecule has 0 radical (unpaired) electrons. The van der Waals surface area contributed by atoms with Crippen LogP contribution in [0.3, 0.4) is 0 Å². The number of aliphatic hydroxyl groups excluding tert-OH is 6. The van der Waals surface area contributed by atoms with Crippen LogP contribution in [-0.2, 0) is 41.3 Å². The molecule has 69 heavy (non-hydrogen) atoms. The number of carbonyl (C=O) groups is 2. The number of aromatic nitrogens is 4. The number of aryl methyl sites for hydroxylation is 2. The first-order valence-electron chi connectivity index (χ1n) is 22.3. The highest BCUT2D eigenvalue weighted by Crippen LogP contribution is 2.33. The van der Waals surface area contributed by atoms with Gasteiger partial charge in [0, 0.05) is 47.4 Å². The van der Waals surface area contributed by atoms with Gasteiger partial charge in [0.05, 0.1) is 21.3 Å². The SMILES string of the molecule is COC(=O)OC[C@H]1O[C@@H](Oc2nn(C(C)C)c(C)c2Cc2ccc(C)c(C)c2)[C@H](O)[C@@H](O)[C@@H]1O.COC(=O)OC[C@H]1O[C@@H](Oc2nn(C(C)C)c(C)c2Cc2ccc(OC)c(F)c2)[C@H](O)[C@@H](O)[C@@H]1O. The van der Waals surface area contributed by atoms with Crippen LogP contribution >= 0.6 is 0 Å². The van der Waals surface area contributed by atoms with E-state index in [1.54, 1.807) is 10.7 Å². The van der Waals surface area contributed by atoms with E-state index in [9.17, 15) is 44.6 Å². The van der Waals surface area contributed by atoms with Crippen molar-refractivity contribution in [2.24, 2.45) is 0 Å². The number of carbonyl (C=O) groups excluding carboxylic acids is 2. The molecular weight excluding hydrogens is 912 g/mol. The van der Waals surface area contributed by atoms with Crippen LogP contribution in [0.4, 0.5) is 14.0 Å². The van der Waals surface area contributed by atoms with Gasteiger partial charge in [-0.2, -0.15) is 0 Å². The summed E-state index contributed by atoms with van der Waals surface area (Å²) in [6.07, 6.45) is -15.8. The summed E-state index contributed by atoms with van der Waals surface area (Å²) < 4.78 is 64.4. The summed E-state index contributed by atoms with van der Waals surface area (Å²) in [7, 11) is 3.65. The average Bonchev–Trinajstić information content (AvgIpc) is 3.80. The summed E-state index contributed by atoms with van der Waals surface area (Å²) in [6.45, 7) is 14.9. The lowest BCUT2D eigenvalue weighted by Gasteiger charge is -2.39. The molecule has 0 amide bonds. The smallest absolute Gasteiger partial charge is 0.494 e. The van der Waals surface area contributed by atoms with Crippen LogP contribution in [0.1, 0.15) is 84.5 Å². The molecule has 4 heterocycles. The van der Waals surface area contributed by atoms with Crippen LogP contribution in [-0.4, -0.2) is 158 Å². The predicted molar refractivity (Wildman–Crippen MR) is 241 cm³/mol. The molecule has 4 aromatic rings. The van der Waals surface area contributed by atoms with Crippen molar-refractivity contribution in [3.8, 4) is 17.5 Å². The van der Waals surface area contributed by atoms with Gasteiger partial charge >= 0.3 is 12.3 Å². The maximum Gasteiger partial charge on any atom is 0.508 e. The Hall–Kier alpha value is -5.59. The molecule has 2 aliphatic heterocycles. The van der Waals surface area contributed by atoms with Gasteiger partial charge in [-0.1, -0.05) is 24.3 Å². The van der Waals surface area contributed by atoms with Crippen LogP contribution in [0.5, 0.6) is 17.5 Å². The standard InChI is InChI=1S/C24H34N2O8.C23H31FN2O9/c1-12(2)26-15(5)17(10-16-8-7-13(3)14(4)9-16)22(25-26)34-23-21(29)20(28)19(27)18(33-23)11-32-24(30)31-6;1-11(2)26-12(3)14(8-13-6-7-16(31-4)15(24)9-13)21(25-26)35-22-20(29)19(28)18(27)17(34-22)10-33-23(30)32-5/h7-9,12,18-21,23,27-29H,10-11H2,1-6H3;6-7,9,11,17-20,22,27-29H,8,10H2,1-5H3/t18-,19-,20+,21-,23+;17-,18-,19+,20-,22+/m11/s1. The van der Waals surface area contributed by atoms with E-state index >= 15 is 0 Å². The number of benzene rings is 2. The first kappa shape index (κ1) is 54.4. The van der Waals surface area contributed by atoms with Gasteiger partial charge in [-0.05, 0) is 89.8 Å². The number of ether oxygens (including phenoxy) is 9. The Morgan fingerprint density at radius 2 is 1.04 bits per heavy atom. The van der Waals surface area contributed by atoms with Gasteiger partial charge in [0.15, 0.2) is 11.6 Å². The summed E-state index contributed by atoms with van der Waals surface area (Å²) in [5.74, 6) is -0.0401. The van der Waals surface area contributed by atoms with Gasteiger partial charge in [-0.25, -0.2) is 14.0 Å². The van der Waals surface area contributed by atoms with Gasteiger partial charge in [0.2, 0.25) is 24.3 Å². The summed E-state index contributed by atoms with van der Waals surface area (Å²) in [4.78, 5) is 22.6. The van der Waals surface area contributed by atoms with Crippen LogP contribution in [0.25, 0.3) is 0 Å². The van der Waals surface area contributed by atoms with Gasteiger partial charge in [-0.3, -0.25) is 9.36 Å². The van der Waals surface area contributed by atoms with Gasteiger partial charge in [0.25, 0.3) is 0 Å². The number of nitrogens with zero attached hydrogens (tertiary/aromatic N) is 4. The second-order valence-corrected chi connectivity index (χ2v) is 17.4. The Morgan fingerprint density at radius 1 is 0.623 bits per heavy atom. The van der Waals surface area contributed by atoms with Crippen molar-refractivity contribution >= 4 is 12.3 Å². The minimum absolute atomic E-state index is 0.0375. The highest BCUT2D eigenvalue weighted by Gasteiger charge is 2.47. The van der Waals surface area contributed by atoms with Crippen LogP contribution in [0, 0.1) is 33.5 Å². The zero-order chi connectivity index (χ0) is 51.0. The maximum absolute atomic E-state index is 14.3. The number of hydrogen-bond acceptors (Lipinski definition) is 19. The van der Waals surface area contributed by atoms with Crippen LogP contribution in [0.2, 0.25) is 0 Å². The molecule has 2 aromatic carbocycles.